The lowest BCUT2D eigenvalue weighted by Crippen LogP contribution is -2.44. The number of halogens is 1. The third kappa shape index (κ3) is 3.70. The van der Waals surface area contributed by atoms with Crippen molar-refractivity contribution in [1.29, 1.82) is 0 Å². The maximum absolute atomic E-state index is 13.9. The number of carbonyl (C=O) groups excluding carboxylic acids is 1. The summed E-state index contributed by atoms with van der Waals surface area (Å²) < 4.78 is 13.9. The molecule has 1 heterocycles. The van der Waals surface area contributed by atoms with Gasteiger partial charge in [-0.25, -0.2) is 4.39 Å². The Kier molecular flexibility index (Phi) is 5.24. The van der Waals surface area contributed by atoms with Crippen molar-refractivity contribution in [3.63, 3.8) is 0 Å². The van der Waals surface area contributed by atoms with Crippen LogP contribution in [0.1, 0.15) is 37.3 Å². The van der Waals surface area contributed by atoms with Crippen LogP contribution in [0.25, 0.3) is 0 Å². The first-order valence-electron chi connectivity index (χ1n) is 8.15. The van der Waals surface area contributed by atoms with Gasteiger partial charge in [0.25, 0.3) is 0 Å². The summed E-state index contributed by atoms with van der Waals surface area (Å²) in [5.74, 6) is 0.520. The first kappa shape index (κ1) is 16.7. The number of fused-ring (bicyclic) bond motifs is 1. The summed E-state index contributed by atoms with van der Waals surface area (Å²) in [4.78, 5) is 14.9. The molecule has 3 atom stereocenters. The molecule has 2 N–H and O–H groups in total. The second kappa shape index (κ2) is 7.20. The van der Waals surface area contributed by atoms with Gasteiger partial charge >= 0.3 is 0 Å². The van der Waals surface area contributed by atoms with Crippen LogP contribution in [-0.4, -0.2) is 47.4 Å². The molecule has 0 radical (unpaired) electrons. The molecule has 6 heteroatoms. The van der Waals surface area contributed by atoms with Gasteiger partial charge < -0.3 is 10.4 Å². The lowest BCUT2D eigenvalue weighted by Gasteiger charge is -2.29. The number of carbonyl (C=O) groups is 1. The number of likely N-dealkylation sites (N-methyl/N-ethyl adjacent to an activating group) is 1. The molecule has 1 fully saturated rings. The third-order valence-electron chi connectivity index (χ3n) is 4.76. The van der Waals surface area contributed by atoms with Gasteiger partial charge in [0.2, 0.25) is 5.91 Å². The van der Waals surface area contributed by atoms with E-state index in [1.165, 1.54) is 17.8 Å². The standard InChI is InChI=1S/C17H23FN2O2S/c1-20(14-6-3-7-15(14)21)10-16(22)19-13-8-9-23-17-11(13)4-2-5-12(17)18/h2,4-5,13-15,21H,3,6-10H2,1H3,(H,19,22)/t13-,14+,15-/m1/s1. The molecule has 23 heavy (non-hydrogen) atoms. The molecule has 0 saturated heterocycles. The quantitative estimate of drug-likeness (QED) is 0.885. The first-order valence-corrected chi connectivity index (χ1v) is 9.13. The molecule has 126 valence electrons. The molecule has 1 aromatic carbocycles. The molecule has 0 aromatic heterocycles. The summed E-state index contributed by atoms with van der Waals surface area (Å²) in [6, 6.07) is 4.98. The molecule has 0 bridgehead atoms. The lowest BCUT2D eigenvalue weighted by atomic mass is 10.0. The Hall–Kier alpha value is -1.11. The zero-order chi connectivity index (χ0) is 16.4. The van der Waals surface area contributed by atoms with Crippen LogP contribution in [-0.2, 0) is 4.79 Å². The van der Waals surface area contributed by atoms with Crippen molar-refractivity contribution in [3.8, 4) is 0 Å². The van der Waals surface area contributed by atoms with Crippen molar-refractivity contribution >= 4 is 17.7 Å². The van der Waals surface area contributed by atoms with E-state index >= 15 is 0 Å². The van der Waals surface area contributed by atoms with E-state index in [0.717, 1.165) is 37.0 Å². The van der Waals surface area contributed by atoms with Gasteiger partial charge in [0.15, 0.2) is 0 Å². The Morgan fingerprint density at radius 1 is 1.43 bits per heavy atom. The van der Waals surface area contributed by atoms with Crippen molar-refractivity contribution in [2.75, 3.05) is 19.3 Å². The van der Waals surface area contributed by atoms with Crippen LogP contribution in [0, 0.1) is 5.82 Å². The number of benzene rings is 1. The number of nitrogens with one attached hydrogen (secondary N) is 1. The Morgan fingerprint density at radius 2 is 2.26 bits per heavy atom. The van der Waals surface area contributed by atoms with Crippen molar-refractivity contribution in [2.45, 2.75) is 48.8 Å². The normalized spacial score (nSPS) is 27.0. The van der Waals surface area contributed by atoms with E-state index < -0.39 is 0 Å². The van der Waals surface area contributed by atoms with Gasteiger partial charge in [0, 0.05) is 16.7 Å². The molecular weight excluding hydrogens is 315 g/mol. The van der Waals surface area contributed by atoms with Crippen LogP contribution in [0.2, 0.25) is 0 Å². The number of aliphatic hydroxyl groups excluding tert-OH is 1. The molecule has 3 rings (SSSR count). The number of hydrogen-bond acceptors (Lipinski definition) is 4. The van der Waals surface area contributed by atoms with Crippen molar-refractivity contribution < 1.29 is 14.3 Å². The Balaban J connectivity index is 1.62. The minimum atomic E-state index is -0.339. The Bertz CT molecular complexity index is 584. The van der Waals surface area contributed by atoms with Crippen LogP contribution < -0.4 is 5.32 Å². The molecule has 1 aromatic rings. The fourth-order valence-electron chi connectivity index (χ4n) is 3.56. The summed E-state index contributed by atoms with van der Waals surface area (Å²) in [7, 11) is 1.88. The van der Waals surface area contributed by atoms with E-state index in [1.54, 1.807) is 6.07 Å². The number of hydrogen-bond donors (Lipinski definition) is 2. The van der Waals surface area contributed by atoms with Gasteiger partial charge in [-0.2, -0.15) is 0 Å². The van der Waals surface area contributed by atoms with Crippen LogP contribution in [0.4, 0.5) is 4.39 Å². The highest BCUT2D eigenvalue weighted by atomic mass is 32.2. The molecule has 1 amide bonds. The summed E-state index contributed by atoms with van der Waals surface area (Å²) in [5, 5.41) is 13.0. The van der Waals surface area contributed by atoms with Gasteiger partial charge in [-0.05, 0) is 44.4 Å². The molecule has 4 nitrogen and oxygen atoms in total. The van der Waals surface area contributed by atoms with E-state index in [4.69, 9.17) is 0 Å². The zero-order valence-corrected chi connectivity index (χ0v) is 14.1. The minimum Gasteiger partial charge on any atom is -0.391 e. The summed E-state index contributed by atoms with van der Waals surface area (Å²) in [6.07, 6.45) is 3.21. The van der Waals surface area contributed by atoms with Gasteiger partial charge in [-0.1, -0.05) is 12.1 Å². The number of aliphatic hydroxyl groups is 1. The third-order valence-corrected chi connectivity index (χ3v) is 5.92. The maximum atomic E-state index is 13.9. The average molecular weight is 338 g/mol. The molecule has 0 spiro atoms. The smallest absolute Gasteiger partial charge is 0.234 e. The van der Waals surface area contributed by atoms with E-state index in [2.05, 4.69) is 5.32 Å². The Morgan fingerprint density at radius 3 is 3.00 bits per heavy atom. The van der Waals surface area contributed by atoms with E-state index in [0.29, 0.717) is 4.90 Å². The fourth-order valence-corrected chi connectivity index (χ4v) is 4.70. The second-order valence-corrected chi connectivity index (χ2v) is 7.50. The van der Waals surface area contributed by atoms with Crippen LogP contribution in [0.15, 0.2) is 23.1 Å². The van der Waals surface area contributed by atoms with Gasteiger partial charge in [0.05, 0.1) is 18.7 Å². The minimum absolute atomic E-state index is 0.0624. The highest BCUT2D eigenvalue weighted by Gasteiger charge is 2.30. The monoisotopic (exact) mass is 338 g/mol. The van der Waals surface area contributed by atoms with Crippen molar-refractivity contribution in [1.82, 2.24) is 10.2 Å². The SMILES string of the molecule is CN(CC(=O)N[C@@H]1CCSc2c(F)cccc21)[C@H]1CCC[C@H]1O. The van der Waals surface area contributed by atoms with E-state index in [1.807, 2.05) is 18.0 Å². The van der Waals surface area contributed by atoms with Crippen molar-refractivity contribution in [3.05, 3.63) is 29.6 Å². The highest BCUT2D eigenvalue weighted by Crippen LogP contribution is 2.37. The molecule has 2 aliphatic rings. The summed E-state index contributed by atoms with van der Waals surface area (Å²) in [5.41, 5.74) is 0.873. The second-order valence-electron chi connectivity index (χ2n) is 6.40. The highest BCUT2D eigenvalue weighted by molar-refractivity contribution is 7.99. The van der Waals surface area contributed by atoms with Gasteiger partial charge in [0.1, 0.15) is 5.82 Å². The van der Waals surface area contributed by atoms with E-state index in [-0.39, 0.29) is 36.5 Å². The number of rotatable bonds is 4. The van der Waals surface area contributed by atoms with Gasteiger partial charge in [-0.15, -0.1) is 11.8 Å². The largest absolute Gasteiger partial charge is 0.391 e. The van der Waals surface area contributed by atoms with Crippen LogP contribution in [0.5, 0.6) is 0 Å². The average Bonchev–Trinajstić information content (AvgIpc) is 2.94. The number of nitrogens with zero attached hydrogens (tertiary/aromatic N) is 1. The topological polar surface area (TPSA) is 52.6 Å². The van der Waals surface area contributed by atoms with Crippen LogP contribution in [0.3, 0.4) is 0 Å². The first-order chi connectivity index (χ1) is 11.1. The summed E-state index contributed by atoms with van der Waals surface area (Å²) >= 11 is 1.51. The zero-order valence-electron chi connectivity index (χ0n) is 13.3. The molecule has 1 saturated carbocycles. The molecule has 1 aliphatic heterocycles. The predicted octanol–water partition coefficient (Wildman–Crippen LogP) is 2.32. The summed E-state index contributed by atoms with van der Waals surface area (Å²) in [6.45, 7) is 0.260. The van der Waals surface area contributed by atoms with Crippen molar-refractivity contribution in [2.24, 2.45) is 0 Å². The Labute approximate surface area is 140 Å². The van der Waals surface area contributed by atoms with Gasteiger partial charge in [-0.3, -0.25) is 9.69 Å². The maximum Gasteiger partial charge on any atom is 0.234 e. The number of amides is 1. The molecule has 1 aliphatic carbocycles. The fraction of sp³-hybridized carbons (Fsp3) is 0.588. The number of thioether (sulfide) groups is 1. The molecule has 0 unspecified atom stereocenters. The predicted molar refractivity (Wildman–Crippen MR) is 88.9 cm³/mol. The van der Waals surface area contributed by atoms with E-state index in [9.17, 15) is 14.3 Å². The lowest BCUT2D eigenvalue weighted by molar-refractivity contribution is -0.123. The van der Waals surface area contributed by atoms with Crippen LogP contribution >= 0.6 is 11.8 Å². The molecular formula is C17H23FN2O2S.